The normalized spacial score (nSPS) is 17.2. The average molecular weight is 542 g/mol. The highest BCUT2D eigenvalue weighted by atomic mass is 35.5. The number of halogens is 1. The minimum absolute atomic E-state index is 0.181. The molecule has 198 valence electrons. The molecule has 6 rings (SSSR count). The second-order valence-electron chi connectivity index (χ2n) is 10.6. The molecule has 2 aromatic heterocycles. The minimum atomic E-state index is -1.13. The number of benzene rings is 2. The van der Waals surface area contributed by atoms with Gasteiger partial charge in [-0.15, -0.1) is 0 Å². The zero-order valence-electron chi connectivity index (χ0n) is 22.0. The number of carbonyl (C=O) groups excluding carboxylic acids is 2. The summed E-state index contributed by atoms with van der Waals surface area (Å²) < 4.78 is 3.68. The van der Waals surface area contributed by atoms with Crippen LogP contribution < -0.4 is 4.90 Å². The molecular weight excluding hydrogens is 514 g/mol. The van der Waals surface area contributed by atoms with E-state index in [1.165, 1.54) is 0 Å². The van der Waals surface area contributed by atoms with Gasteiger partial charge in [0.2, 0.25) is 0 Å². The van der Waals surface area contributed by atoms with Crippen molar-refractivity contribution in [3.8, 4) is 11.8 Å². The fourth-order valence-electron chi connectivity index (χ4n) is 5.37. The van der Waals surface area contributed by atoms with Gasteiger partial charge >= 0.3 is 0 Å². The number of aliphatic hydroxyl groups is 1. The van der Waals surface area contributed by atoms with Crippen molar-refractivity contribution in [1.29, 1.82) is 0 Å². The molecule has 0 saturated heterocycles. The first-order valence-corrected chi connectivity index (χ1v) is 13.2. The summed E-state index contributed by atoms with van der Waals surface area (Å²) in [5.41, 5.74) is 3.25. The van der Waals surface area contributed by atoms with Gasteiger partial charge < -0.3 is 19.5 Å². The van der Waals surface area contributed by atoms with E-state index in [2.05, 4.69) is 16.9 Å². The number of nitrogens with zero attached hydrogens (tertiary/aromatic N) is 5. The number of anilines is 1. The van der Waals surface area contributed by atoms with E-state index < -0.39 is 11.6 Å². The molecule has 1 atom stereocenters. The van der Waals surface area contributed by atoms with Gasteiger partial charge in [-0.2, -0.15) is 5.10 Å². The van der Waals surface area contributed by atoms with Crippen molar-refractivity contribution in [1.82, 2.24) is 19.2 Å². The zero-order valence-corrected chi connectivity index (χ0v) is 22.7. The molecule has 4 heterocycles. The van der Waals surface area contributed by atoms with E-state index in [0.29, 0.717) is 48.2 Å². The van der Waals surface area contributed by atoms with Gasteiger partial charge in [-0.05, 0) is 44.0 Å². The Labute approximate surface area is 231 Å². The van der Waals surface area contributed by atoms with Crippen molar-refractivity contribution >= 4 is 40.0 Å². The Bertz CT molecular complexity index is 1690. The molecule has 39 heavy (non-hydrogen) atoms. The molecule has 2 aromatic carbocycles. The van der Waals surface area contributed by atoms with E-state index in [1.54, 1.807) is 35.4 Å². The van der Waals surface area contributed by atoms with Gasteiger partial charge in [0, 0.05) is 36.3 Å². The van der Waals surface area contributed by atoms with Gasteiger partial charge in [0.1, 0.15) is 16.8 Å². The molecule has 2 aliphatic rings. The van der Waals surface area contributed by atoms with Crippen molar-refractivity contribution in [3.63, 3.8) is 0 Å². The van der Waals surface area contributed by atoms with Crippen LogP contribution >= 0.6 is 11.6 Å². The van der Waals surface area contributed by atoms with Crippen molar-refractivity contribution in [3.05, 3.63) is 82.3 Å². The van der Waals surface area contributed by atoms with Crippen LogP contribution in [-0.2, 0) is 24.3 Å². The number of hydrogen-bond donors (Lipinski definition) is 1. The molecule has 0 fully saturated rings. The Balaban J connectivity index is 1.33. The number of hydrogen-bond acceptors (Lipinski definition) is 4. The maximum absolute atomic E-state index is 13.8. The smallest absolute Gasteiger partial charge is 0.275 e. The number of rotatable bonds is 3. The van der Waals surface area contributed by atoms with Crippen molar-refractivity contribution < 1.29 is 14.7 Å². The zero-order chi connectivity index (χ0) is 27.5. The summed E-state index contributed by atoms with van der Waals surface area (Å²) in [6, 6.07) is 14.9. The average Bonchev–Trinajstić information content (AvgIpc) is 3.43. The van der Waals surface area contributed by atoms with Gasteiger partial charge in [0.15, 0.2) is 5.69 Å². The largest absolute Gasteiger partial charge is 0.378 e. The Morgan fingerprint density at radius 2 is 1.92 bits per heavy atom. The summed E-state index contributed by atoms with van der Waals surface area (Å²) in [7, 11) is 1.73. The first kappa shape index (κ1) is 25.2. The Hall–Kier alpha value is -4.06. The van der Waals surface area contributed by atoms with Gasteiger partial charge in [0.05, 0.1) is 24.3 Å². The lowest BCUT2D eigenvalue weighted by Gasteiger charge is -2.34. The maximum Gasteiger partial charge on any atom is 0.275 e. The molecule has 2 amide bonds. The van der Waals surface area contributed by atoms with Gasteiger partial charge in [-0.1, -0.05) is 53.8 Å². The number of fused-ring (bicyclic) bond motifs is 1. The molecule has 0 bridgehead atoms. The first-order chi connectivity index (χ1) is 18.6. The van der Waals surface area contributed by atoms with Gasteiger partial charge in [0.25, 0.3) is 11.8 Å². The molecular formula is C30H28ClN5O3. The molecule has 1 N–H and O–H groups in total. The lowest BCUT2D eigenvalue weighted by atomic mass is 10.0. The van der Waals surface area contributed by atoms with Crippen LogP contribution in [0.5, 0.6) is 0 Å². The van der Waals surface area contributed by atoms with Crippen LogP contribution in [0.15, 0.2) is 54.7 Å². The first-order valence-electron chi connectivity index (χ1n) is 12.9. The topological polar surface area (TPSA) is 83.6 Å². The van der Waals surface area contributed by atoms with Crippen LogP contribution in [0.1, 0.15) is 41.0 Å². The monoisotopic (exact) mass is 541 g/mol. The molecule has 4 aromatic rings. The molecule has 8 nitrogen and oxygen atoms in total. The highest BCUT2D eigenvalue weighted by molar-refractivity contribution is 6.31. The Morgan fingerprint density at radius 3 is 2.67 bits per heavy atom. The standard InChI is InChI=1S/C30H28ClN5O3/c1-30(2,39)12-9-20-15-21-10-13-34-18-24(28(37)33(3)23(16-20)26(21)34)35-14-11-22-25(29(35)38)32-36(27(22)31)17-19-7-5-4-6-8-19/h4-8,10,13,15-16,24,39H,11,14,17-18H2,1-3H3/t24-/m0/s1. The maximum atomic E-state index is 13.8. The van der Waals surface area contributed by atoms with Gasteiger partial charge in [-0.3, -0.25) is 9.59 Å². The SMILES string of the molecule is CN1C(=O)[C@@H](N2CCc3c(nn(Cc4ccccc4)c3Cl)C2=O)Cn2ccc3cc(C#CC(C)(C)O)cc1c32. The third-order valence-corrected chi connectivity index (χ3v) is 7.72. The predicted molar refractivity (Wildman–Crippen MR) is 150 cm³/mol. The third-order valence-electron chi connectivity index (χ3n) is 7.30. The van der Waals surface area contributed by atoms with Gasteiger partial charge in [-0.25, -0.2) is 4.68 Å². The quantitative estimate of drug-likeness (QED) is 0.401. The van der Waals surface area contributed by atoms with E-state index in [-0.39, 0.29) is 11.8 Å². The van der Waals surface area contributed by atoms with E-state index >= 15 is 0 Å². The molecule has 0 radical (unpaired) electrons. The summed E-state index contributed by atoms with van der Waals surface area (Å²) in [6.45, 7) is 4.41. The lowest BCUT2D eigenvalue weighted by molar-refractivity contribution is -0.123. The number of carbonyl (C=O) groups is 2. The van der Waals surface area contributed by atoms with E-state index in [0.717, 1.165) is 22.0 Å². The van der Waals surface area contributed by atoms with Crippen LogP contribution in [0.2, 0.25) is 5.15 Å². The lowest BCUT2D eigenvalue weighted by Crippen LogP contribution is -2.53. The Morgan fingerprint density at radius 1 is 1.15 bits per heavy atom. The number of aromatic nitrogens is 3. The molecule has 9 heteroatoms. The van der Waals surface area contributed by atoms with E-state index in [9.17, 15) is 14.7 Å². The fraction of sp³-hybridized carbons (Fsp3) is 0.300. The van der Waals surface area contributed by atoms with Crippen molar-refractivity contribution in [2.75, 3.05) is 18.5 Å². The molecule has 0 aliphatic carbocycles. The molecule has 2 aliphatic heterocycles. The number of likely N-dealkylation sites (N-methyl/N-ethyl adjacent to an activating group) is 1. The molecule has 0 spiro atoms. The molecule has 0 unspecified atom stereocenters. The summed E-state index contributed by atoms with van der Waals surface area (Å²) >= 11 is 6.66. The number of amides is 2. The second-order valence-corrected chi connectivity index (χ2v) is 11.0. The summed E-state index contributed by atoms with van der Waals surface area (Å²) in [6.07, 6.45) is 2.46. The van der Waals surface area contributed by atoms with E-state index in [4.69, 9.17) is 11.6 Å². The Kier molecular flexibility index (Phi) is 6.01. The summed E-state index contributed by atoms with van der Waals surface area (Å²) in [5.74, 6) is 5.39. The van der Waals surface area contributed by atoms with Crippen LogP contribution in [0.25, 0.3) is 10.9 Å². The van der Waals surface area contributed by atoms with Crippen molar-refractivity contribution in [2.24, 2.45) is 0 Å². The van der Waals surface area contributed by atoms with E-state index in [1.807, 2.05) is 59.3 Å². The third kappa shape index (κ3) is 4.48. The van der Waals surface area contributed by atoms with Crippen LogP contribution in [-0.4, -0.2) is 61.4 Å². The summed E-state index contributed by atoms with van der Waals surface area (Å²) in [5, 5.41) is 16.0. The van der Waals surface area contributed by atoms with Crippen molar-refractivity contribution in [2.45, 2.75) is 45.0 Å². The second kappa shape index (κ2) is 9.30. The van der Waals surface area contributed by atoms with Crippen LogP contribution in [0, 0.1) is 11.8 Å². The van der Waals surface area contributed by atoms with Crippen LogP contribution in [0.4, 0.5) is 5.69 Å². The van der Waals surface area contributed by atoms with Crippen LogP contribution in [0.3, 0.4) is 0 Å². The highest BCUT2D eigenvalue weighted by Gasteiger charge is 2.40. The highest BCUT2D eigenvalue weighted by Crippen LogP contribution is 2.35. The predicted octanol–water partition coefficient (Wildman–Crippen LogP) is 3.71. The fourth-order valence-corrected chi connectivity index (χ4v) is 5.65. The summed E-state index contributed by atoms with van der Waals surface area (Å²) in [4.78, 5) is 30.8. The molecule has 0 saturated carbocycles. The minimum Gasteiger partial charge on any atom is -0.378 e.